The van der Waals surface area contributed by atoms with Gasteiger partial charge >= 0.3 is 0 Å². The fraction of sp³-hybridized carbons (Fsp3) is 0.400. The topological polar surface area (TPSA) is 74.5 Å². The van der Waals surface area contributed by atoms with Gasteiger partial charge in [-0.05, 0) is 12.1 Å². The zero-order chi connectivity index (χ0) is 15.6. The molecule has 1 aliphatic rings. The van der Waals surface area contributed by atoms with Crippen molar-refractivity contribution in [3.8, 4) is 0 Å². The van der Waals surface area contributed by atoms with E-state index in [1.54, 1.807) is 19.1 Å². The van der Waals surface area contributed by atoms with Gasteiger partial charge in [0.15, 0.2) is 0 Å². The molecule has 2 aromatic rings. The predicted octanol–water partition coefficient (Wildman–Crippen LogP) is 1.92. The third-order valence-corrected chi connectivity index (χ3v) is 3.38. The molecule has 6 nitrogen and oxygen atoms in total. The molecule has 1 fully saturated rings. The molecule has 116 valence electrons. The van der Waals surface area contributed by atoms with Gasteiger partial charge in [0.25, 0.3) is 0 Å². The molecule has 1 saturated heterocycles. The average molecular weight is 306 g/mol. The molecule has 1 aromatic heterocycles. The van der Waals surface area contributed by atoms with Crippen LogP contribution < -0.4 is 0 Å². The van der Waals surface area contributed by atoms with Crippen molar-refractivity contribution in [2.75, 3.05) is 13.2 Å². The molecule has 0 N–H and O–H groups in total. The second-order valence-electron chi connectivity index (χ2n) is 5.06. The molecule has 3 rings (SSSR count). The van der Waals surface area contributed by atoms with Crippen LogP contribution in [-0.2, 0) is 26.5 Å². The summed E-state index contributed by atoms with van der Waals surface area (Å²) in [6.07, 6.45) is 0.0105. The number of halogens is 1. The second-order valence-corrected chi connectivity index (χ2v) is 5.06. The molecule has 0 radical (unpaired) electrons. The highest BCUT2D eigenvalue weighted by atomic mass is 19.1. The van der Waals surface area contributed by atoms with Crippen molar-refractivity contribution in [1.82, 2.24) is 10.2 Å². The van der Waals surface area contributed by atoms with Crippen LogP contribution in [-0.4, -0.2) is 29.2 Å². The summed E-state index contributed by atoms with van der Waals surface area (Å²) < 4.78 is 29.6. The number of hydrogen-bond acceptors (Lipinski definition) is 6. The van der Waals surface area contributed by atoms with E-state index in [0.29, 0.717) is 24.7 Å². The largest absolute Gasteiger partial charge is 0.425 e. The van der Waals surface area contributed by atoms with Crippen molar-refractivity contribution in [3.63, 3.8) is 0 Å². The van der Waals surface area contributed by atoms with Crippen LogP contribution in [0.1, 0.15) is 23.8 Å². The molecule has 0 amide bonds. The van der Waals surface area contributed by atoms with Gasteiger partial charge in [0, 0.05) is 12.5 Å². The summed E-state index contributed by atoms with van der Waals surface area (Å²) in [5, 5.41) is 7.48. The number of aromatic nitrogens is 2. The van der Waals surface area contributed by atoms with Crippen LogP contribution in [0.25, 0.3) is 0 Å². The number of ether oxygens (including phenoxy) is 2. The molecule has 0 atom stereocenters. The van der Waals surface area contributed by atoms with E-state index in [-0.39, 0.29) is 30.3 Å². The van der Waals surface area contributed by atoms with Gasteiger partial charge in [0.1, 0.15) is 11.6 Å². The summed E-state index contributed by atoms with van der Waals surface area (Å²) in [6, 6.07) is 5.75. The van der Waals surface area contributed by atoms with Gasteiger partial charge in [-0.25, -0.2) is 4.39 Å². The van der Waals surface area contributed by atoms with E-state index in [1.807, 2.05) is 0 Å². The minimum Gasteiger partial charge on any atom is -0.425 e. The number of ketones is 1. The van der Waals surface area contributed by atoms with Crippen LogP contribution in [0, 0.1) is 12.7 Å². The number of aryl methyl sites for hydroxylation is 1. The van der Waals surface area contributed by atoms with Gasteiger partial charge in [0.05, 0.1) is 26.1 Å². The molecule has 7 heteroatoms. The van der Waals surface area contributed by atoms with Crippen LogP contribution >= 0.6 is 0 Å². The summed E-state index contributed by atoms with van der Waals surface area (Å²) in [6.45, 7) is 2.42. The van der Waals surface area contributed by atoms with E-state index in [9.17, 15) is 9.18 Å². The molecule has 22 heavy (non-hydrogen) atoms. The Morgan fingerprint density at radius 3 is 2.50 bits per heavy atom. The Labute approximate surface area is 126 Å². The third kappa shape index (κ3) is 3.05. The Morgan fingerprint density at radius 2 is 1.91 bits per heavy atom. The van der Waals surface area contributed by atoms with E-state index < -0.39 is 5.79 Å². The fourth-order valence-corrected chi connectivity index (χ4v) is 2.43. The molecule has 1 aliphatic heterocycles. The number of hydrogen-bond donors (Lipinski definition) is 0. The Kier molecular flexibility index (Phi) is 4.00. The zero-order valence-electron chi connectivity index (χ0n) is 12.0. The summed E-state index contributed by atoms with van der Waals surface area (Å²) in [5.41, 5.74) is 0.612. The van der Waals surface area contributed by atoms with Gasteiger partial charge in [-0.15, -0.1) is 10.2 Å². The van der Waals surface area contributed by atoms with Crippen molar-refractivity contribution in [1.29, 1.82) is 0 Å². The molecule has 2 heterocycles. The van der Waals surface area contributed by atoms with Crippen molar-refractivity contribution in [2.24, 2.45) is 0 Å². The van der Waals surface area contributed by atoms with Gasteiger partial charge in [-0.2, -0.15) is 0 Å². The van der Waals surface area contributed by atoms with Crippen LogP contribution in [0.3, 0.4) is 0 Å². The van der Waals surface area contributed by atoms with E-state index in [0.717, 1.165) is 0 Å². The van der Waals surface area contributed by atoms with Crippen LogP contribution in [0.5, 0.6) is 0 Å². The van der Waals surface area contributed by atoms with Crippen molar-refractivity contribution in [3.05, 3.63) is 47.4 Å². The second kappa shape index (κ2) is 5.94. The molecule has 0 spiro atoms. The number of carbonyl (C=O) groups is 1. The lowest BCUT2D eigenvalue weighted by Gasteiger charge is -2.27. The number of Topliss-reactive ketones (excluding diaryl/α,β-unsaturated/α-hetero) is 1. The summed E-state index contributed by atoms with van der Waals surface area (Å²) >= 11 is 0. The van der Waals surface area contributed by atoms with Gasteiger partial charge in [-0.3, -0.25) is 4.79 Å². The highest BCUT2D eigenvalue weighted by Gasteiger charge is 2.40. The molecule has 0 aliphatic carbocycles. The fourth-order valence-electron chi connectivity index (χ4n) is 2.43. The summed E-state index contributed by atoms with van der Waals surface area (Å²) in [7, 11) is 0. The molecule has 0 bridgehead atoms. The molecular formula is C15H15FN2O4. The van der Waals surface area contributed by atoms with Gasteiger partial charge in [0.2, 0.25) is 17.6 Å². The Morgan fingerprint density at radius 1 is 1.23 bits per heavy atom. The quantitative estimate of drug-likeness (QED) is 0.840. The van der Waals surface area contributed by atoms with Gasteiger partial charge in [-0.1, -0.05) is 12.1 Å². The monoisotopic (exact) mass is 306 g/mol. The van der Waals surface area contributed by atoms with Crippen LogP contribution in [0.2, 0.25) is 0 Å². The van der Waals surface area contributed by atoms with E-state index in [4.69, 9.17) is 13.9 Å². The minimum atomic E-state index is -1.17. The molecule has 1 aromatic carbocycles. The van der Waals surface area contributed by atoms with Crippen LogP contribution in [0.15, 0.2) is 28.7 Å². The van der Waals surface area contributed by atoms with E-state index in [1.165, 1.54) is 12.1 Å². The Balaban J connectivity index is 1.76. The van der Waals surface area contributed by atoms with Crippen molar-refractivity contribution in [2.45, 2.75) is 25.6 Å². The number of benzene rings is 1. The number of rotatable bonds is 5. The lowest BCUT2D eigenvalue weighted by atomic mass is 9.98. The first-order valence-electron chi connectivity index (χ1n) is 6.92. The molecular weight excluding hydrogens is 291 g/mol. The summed E-state index contributed by atoms with van der Waals surface area (Å²) in [5.74, 6) is -1.02. The Bertz CT molecular complexity index is 662. The molecule has 0 unspecified atom stereocenters. The van der Waals surface area contributed by atoms with Gasteiger partial charge < -0.3 is 13.9 Å². The summed E-state index contributed by atoms with van der Waals surface area (Å²) in [4.78, 5) is 12.3. The highest BCUT2D eigenvalue weighted by molar-refractivity contribution is 5.81. The molecule has 0 saturated carbocycles. The first-order valence-corrected chi connectivity index (χ1v) is 6.92. The van der Waals surface area contributed by atoms with Crippen molar-refractivity contribution >= 4 is 5.78 Å². The predicted molar refractivity (Wildman–Crippen MR) is 72.3 cm³/mol. The maximum atomic E-state index is 13.1. The first kappa shape index (κ1) is 14.8. The Hall–Kier alpha value is -2.12. The standard InChI is InChI=1S/C15H15FN2O4/c1-10-17-18-14(22-10)8-13(19)9-15(20-6-7-21-15)11-2-4-12(16)5-3-11/h2-5H,6-9H2,1H3. The van der Waals surface area contributed by atoms with E-state index >= 15 is 0 Å². The normalized spacial score (nSPS) is 16.8. The van der Waals surface area contributed by atoms with Crippen LogP contribution in [0.4, 0.5) is 4.39 Å². The minimum absolute atomic E-state index is 0.0000595. The SMILES string of the molecule is Cc1nnc(CC(=O)CC2(c3ccc(F)cc3)OCCO2)o1. The maximum Gasteiger partial charge on any atom is 0.223 e. The lowest BCUT2D eigenvalue weighted by Crippen LogP contribution is -2.31. The average Bonchev–Trinajstić information content (AvgIpc) is 3.10. The highest BCUT2D eigenvalue weighted by Crippen LogP contribution is 2.35. The first-order chi connectivity index (χ1) is 10.6. The van der Waals surface area contributed by atoms with Crippen molar-refractivity contribution < 1.29 is 23.1 Å². The lowest BCUT2D eigenvalue weighted by molar-refractivity contribution is -0.175. The van der Waals surface area contributed by atoms with E-state index in [2.05, 4.69) is 10.2 Å². The smallest absolute Gasteiger partial charge is 0.223 e. The number of nitrogens with zero attached hydrogens (tertiary/aromatic N) is 2. The number of carbonyl (C=O) groups excluding carboxylic acids is 1. The third-order valence-electron chi connectivity index (χ3n) is 3.38. The maximum absolute atomic E-state index is 13.1. The zero-order valence-corrected chi connectivity index (χ0v) is 12.0.